The number of amides is 1. The number of carbonyl (C=O) groups excluding carboxylic acids is 1. The van der Waals surface area contributed by atoms with Crippen molar-refractivity contribution < 1.29 is 9.32 Å². The minimum absolute atomic E-state index is 0.00383. The topological polar surface area (TPSA) is 70.4 Å². The lowest BCUT2D eigenvalue weighted by Crippen LogP contribution is -2.41. The Bertz CT molecular complexity index is 478. The Morgan fingerprint density at radius 1 is 1.43 bits per heavy atom. The van der Waals surface area contributed by atoms with Crippen molar-refractivity contribution in [3.05, 3.63) is 11.8 Å². The molecule has 0 spiro atoms. The van der Waals surface area contributed by atoms with Gasteiger partial charge in [0.2, 0.25) is 5.91 Å². The summed E-state index contributed by atoms with van der Waals surface area (Å²) in [5.41, 5.74) is 0. The van der Waals surface area contributed by atoms with Crippen molar-refractivity contribution in [1.82, 2.24) is 15.4 Å². The lowest BCUT2D eigenvalue weighted by atomic mass is 9.97. The monoisotopic (exact) mass is 292 g/mol. The van der Waals surface area contributed by atoms with Gasteiger partial charge in [0.05, 0.1) is 6.54 Å². The number of nitrogens with one attached hydrogen (secondary N) is 2. The first-order valence-electron chi connectivity index (χ1n) is 7.88. The van der Waals surface area contributed by atoms with Crippen LogP contribution in [-0.4, -0.2) is 48.2 Å². The Balaban J connectivity index is 1.50. The van der Waals surface area contributed by atoms with Gasteiger partial charge in [-0.1, -0.05) is 5.16 Å². The highest BCUT2D eigenvalue weighted by Gasteiger charge is 2.32. The van der Waals surface area contributed by atoms with Crippen LogP contribution >= 0.6 is 0 Å². The summed E-state index contributed by atoms with van der Waals surface area (Å²) in [4.78, 5) is 14.5. The van der Waals surface area contributed by atoms with E-state index in [4.69, 9.17) is 4.52 Å². The van der Waals surface area contributed by atoms with Crippen LogP contribution in [0.2, 0.25) is 0 Å². The maximum Gasteiger partial charge on any atom is 0.239 e. The second-order valence-electron chi connectivity index (χ2n) is 6.22. The van der Waals surface area contributed by atoms with Gasteiger partial charge in [-0.25, -0.2) is 0 Å². The van der Waals surface area contributed by atoms with Gasteiger partial charge in [-0.2, -0.15) is 0 Å². The molecule has 1 saturated heterocycles. The molecular weight excluding hydrogens is 268 g/mol. The van der Waals surface area contributed by atoms with Crippen LogP contribution in [0, 0.1) is 12.8 Å². The summed E-state index contributed by atoms with van der Waals surface area (Å²) < 4.78 is 4.97. The van der Waals surface area contributed by atoms with Crippen LogP contribution in [0.1, 0.15) is 31.4 Å². The molecule has 0 bridgehead atoms. The number of nitrogens with zero attached hydrogens (tertiary/aromatic N) is 2. The molecule has 2 heterocycles. The van der Waals surface area contributed by atoms with Crippen molar-refractivity contribution in [3.8, 4) is 0 Å². The van der Waals surface area contributed by atoms with E-state index in [0.29, 0.717) is 30.1 Å². The highest BCUT2D eigenvalue weighted by atomic mass is 16.5. The zero-order valence-corrected chi connectivity index (χ0v) is 12.6. The summed E-state index contributed by atoms with van der Waals surface area (Å²) >= 11 is 0. The first-order chi connectivity index (χ1) is 10.2. The predicted molar refractivity (Wildman–Crippen MR) is 80.1 cm³/mol. The number of anilines is 1. The van der Waals surface area contributed by atoms with Gasteiger partial charge in [0.25, 0.3) is 0 Å². The maximum absolute atomic E-state index is 12.2. The molecule has 2 fully saturated rings. The van der Waals surface area contributed by atoms with E-state index in [1.54, 1.807) is 6.07 Å². The van der Waals surface area contributed by atoms with E-state index in [1.165, 1.54) is 25.7 Å². The van der Waals surface area contributed by atoms with E-state index < -0.39 is 0 Å². The number of rotatable bonds is 6. The summed E-state index contributed by atoms with van der Waals surface area (Å²) in [5.74, 6) is 1.94. The van der Waals surface area contributed by atoms with Gasteiger partial charge in [0, 0.05) is 18.7 Å². The highest BCUT2D eigenvalue weighted by molar-refractivity contribution is 5.91. The van der Waals surface area contributed by atoms with Crippen molar-refractivity contribution >= 4 is 11.7 Å². The van der Waals surface area contributed by atoms with Gasteiger partial charge >= 0.3 is 0 Å². The first-order valence-corrected chi connectivity index (χ1v) is 7.88. The van der Waals surface area contributed by atoms with Gasteiger partial charge in [0.1, 0.15) is 5.76 Å². The molecule has 0 aromatic carbocycles. The summed E-state index contributed by atoms with van der Waals surface area (Å²) in [5, 5.41) is 10.0. The molecule has 1 aromatic heterocycles. The molecule has 1 saturated carbocycles. The van der Waals surface area contributed by atoms with Crippen LogP contribution in [0.15, 0.2) is 10.6 Å². The molecule has 3 rings (SSSR count). The number of aromatic nitrogens is 1. The van der Waals surface area contributed by atoms with E-state index >= 15 is 0 Å². The SMILES string of the molecule is Cc1cc(NC(=O)CN(CC2CCNCC2)C2CC2)no1. The molecule has 1 amide bonds. The molecule has 6 heteroatoms. The van der Waals surface area contributed by atoms with E-state index in [0.717, 1.165) is 19.6 Å². The molecule has 0 radical (unpaired) electrons. The summed E-state index contributed by atoms with van der Waals surface area (Å²) in [6, 6.07) is 2.34. The zero-order chi connectivity index (χ0) is 14.7. The molecule has 21 heavy (non-hydrogen) atoms. The van der Waals surface area contributed by atoms with Gasteiger partial charge in [-0.3, -0.25) is 9.69 Å². The number of aryl methyl sites for hydroxylation is 1. The normalized spacial score (nSPS) is 19.9. The summed E-state index contributed by atoms with van der Waals surface area (Å²) in [6.07, 6.45) is 4.88. The Morgan fingerprint density at radius 3 is 2.81 bits per heavy atom. The van der Waals surface area contributed by atoms with Gasteiger partial charge in [-0.15, -0.1) is 0 Å². The fourth-order valence-electron chi connectivity index (χ4n) is 2.97. The third-order valence-corrected chi connectivity index (χ3v) is 4.26. The third-order valence-electron chi connectivity index (χ3n) is 4.26. The van der Waals surface area contributed by atoms with E-state index in [9.17, 15) is 4.79 Å². The van der Waals surface area contributed by atoms with Crippen molar-refractivity contribution in [3.63, 3.8) is 0 Å². The fourth-order valence-corrected chi connectivity index (χ4v) is 2.97. The average Bonchev–Trinajstić information content (AvgIpc) is 3.23. The standard InChI is InChI=1S/C15H24N4O2/c1-11-8-14(18-21-11)17-15(20)10-19(13-2-3-13)9-12-4-6-16-7-5-12/h8,12-13,16H,2-7,9-10H2,1H3,(H,17,18,20). The van der Waals surface area contributed by atoms with Crippen LogP contribution in [0.5, 0.6) is 0 Å². The van der Waals surface area contributed by atoms with Crippen molar-refractivity contribution in [2.24, 2.45) is 5.92 Å². The van der Waals surface area contributed by atoms with Crippen LogP contribution in [0.25, 0.3) is 0 Å². The summed E-state index contributed by atoms with van der Waals surface area (Å²) in [6.45, 7) is 5.52. The van der Waals surface area contributed by atoms with E-state index in [-0.39, 0.29) is 5.91 Å². The Morgan fingerprint density at radius 2 is 2.19 bits per heavy atom. The molecule has 2 N–H and O–H groups in total. The molecule has 1 aliphatic carbocycles. The fraction of sp³-hybridized carbons (Fsp3) is 0.733. The third kappa shape index (κ3) is 4.28. The molecule has 0 atom stereocenters. The number of carbonyl (C=O) groups is 1. The van der Waals surface area contributed by atoms with Crippen molar-refractivity contribution in [1.29, 1.82) is 0 Å². The van der Waals surface area contributed by atoms with Crippen LogP contribution in [-0.2, 0) is 4.79 Å². The van der Waals surface area contributed by atoms with Crippen LogP contribution < -0.4 is 10.6 Å². The highest BCUT2D eigenvalue weighted by Crippen LogP contribution is 2.28. The molecular formula is C15H24N4O2. The average molecular weight is 292 g/mol. The second-order valence-corrected chi connectivity index (χ2v) is 6.22. The number of piperidine rings is 1. The van der Waals surface area contributed by atoms with Crippen LogP contribution in [0.3, 0.4) is 0 Å². The molecule has 116 valence electrons. The molecule has 2 aliphatic rings. The van der Waals surface area contributed by atoms with Gasteiger partial charge < -0.3 is 15.2 Å². The van der Waals surface area contributed by atoms with Gasteiger partial charge in [0.15, 0.2) is 5.82 Å². The van der Waals surface area contributed by atoms with Gasteiger partial charge in [-0.05, 0) is 51.6 Å². The Labute approximate surface area is 125 Å². The Kier molecular flexibility index (Phi) is 4.55. The predicted octanol–water partition coefficient (Wildman–Crippen LogP) is 1.39. The molecule has 0 unspecified atom stereocenters. The quantitative estimate of drug-likeness (QED) is 0.829. The molecule has 1 aliphatic heterocycles. The van der Waals surface area contributed by atoms with Crippen molar-refractivity contribution in [2.75, 3.05) is 31.5 Å². The first kappa shape index (κ1) is 14.5. The van der Waals surface area contributed by atoms with E-state index in [1.807, 2.05) is 6.92 Å². The van der Waals surface area contributed by atoms with Crippen molar-refractivity contribution in [2.45, 2.75) is 38.6 Å². The van der Waals surface area contributed by atoms with Crippen LogP contribution in [0.4, 0.5) is 5.82 Å². The van der Waals surface area contributed by atoms with E-state index in [2.05, 4.69) is 20.7 Å². The minimum Gasteiger partial charge on any atom is -0.360 e. The smallest absolute Gasteiger partial charge is 0.239 e. The summed E-state index contributed by atoms with van der Waals surface area (Å²) in [7, 11) is 0. The largest absolute Gasteiger partial charge is 0.360 e. The lowest BCUT2D eigenvalue weighted by molar-refractivity contribution is -0.117. The second kappa shape index (κ2) is 6.58. The number of hydrogen-bond acceptors (Lipinski definition) is 5. The zero-order valence-electron chi connectivity index (χ0n) is 12.6. The molecule has 1 aromatic rings. The Hall–Kier alpha value is -1.40. The maximum atomic E-state index is 12.2. The number of hydrogen-bond donors (Lipinski definition) is 2. The lowest BCUT2D eigenvalue weighted by Gasteiger charge is -2.29. The minimum atomic E-state index is 0.00383. The molecule has 6 nitrogen and oxygen atoms in total.